The first-order valence-electron chi connectivity index (χ1n) is 7.41. The molecule has 0 bridgehead atoms. The number of aliphatic carboxylic acids is 1. The van der Waals surface area contributed by atoms with E-state index in [-0.39, 0.29) is 6.03 Å². The molecule has 2 saturated heterocycles. The van der Waals surface area contributed by atoms with Crippen LogP contribution in [0.5, 0.6) is 0 Å². The van der Waals surface area contributed by atoms with Gasteiger partial charge in [0.15, 0.2) is 0 Å². The fourth-order valence-electron chi connectivity index (χ4n) is 2.94. The molecule has 2 heterocycles. The van der Waals surface area contributed by atoms with Crippen LogP contribution in [0.25, 0.3) is 0 Å². The number of carbonyl (C=O) groups is 2. The Hall–Kier alpha value is -0.910. The highest BCUT2D eigenvalue weighted by atomic mass is 32.2. The van der Waals surface area contributed by atoms with Gasteiger partial charge in [-0.3, -0.25) is 4.79 Å². The van der Waals surface area contributed by atoms with Crippen LogP contribution in [0.1, 0.15) is 32.6 Å². The third-order valence-corrected chi connectivity index (χ3v) is 5.94. The lowest BCUT2D eigenvalue weighted by atomic mass is 9.76. The van der Waals surface area contributed by atoms with E-state index >= 15 is 0 Å². The summed E-state index contributed by atoms with van der Waals surface area (Å²) in [5.74, 6) is 2.21. The summed E-state index contributed by atoms with van der Waals surface area (Å²) >= 11 is 1.95. The molecule has 1 unspecified atom stereocenters. The Balaban J connectivity index is 1.77. The SMILES string of the molecule is CCC1(C(=O)O)CCN(C(=O)NCC2CCSC2)CC1. The molecule has 2 rings (SSSR count). The largest absolute Gasteiger partial charge is 0.481 e. The van der Waals surface area contributed by atoms with Gasteiger partial charge in [0, 0.05) is 19.6 Å². The lowest BCUT2D eigenvalue weighted by molar-refractivity contribution is -0.151. The molecule has 0 spiro atoms. The topological polar surface area (TPSA) is 69.6 Å². The minimum atomic E-state index is -0.719. The first kappa shape index (κ1) is 15.5. The molecule has 1 atom stereocenters. The maximum absolute atomic E-state index is 12.1. The monoisotopic (exact) mass is 300 g/mol. The quantitative estimate of drug-likeness (QED) is 0.833. The average molecular weight is 300 g/mol. The lowest BCUT2D eigenvalue weighted by Gasteiger charge is -2.38. The van der Waals surface area contributed by atoms with E-state index in [0.29, 0.717) is 38.3 Å². The predicted octanol–water partition coefficient (Wildman–Crippen LogP) is 2.03. The summed E-state index contributed by atoms with van der Waals surface area (Å²) in [6, 6.07) is -0.0306. The van der Waals surface area contributed by atoms with Gasteiger partial charge in [-0.05, 0) is 43.1 Å². The third kappa shape index (κ3) is 3.40. The van der Waals surface area contributed by atoms with Crippen LogP contribution >= 0.6 is 11.8 Å². The van der Waals surface area contributed by atoms with E-state index in [9.17, 15) is 14.7 Å². The van der Waals surface area contributed by atoms with Crippen molar-refractivity contribution in [2.45, 2.75) is 32.6 Å². The number of hydrogen-bond donors (Lipinski definition) is 2. The van der Waals surface area contributed by atoms with Gasteiger partial charge in [-0.1, -0.05) is 6.92 Å². The molecule has 20 heavy (non-hydrogen) atoms. The van der Waals surface area contributed by atoms with Gasteiger partial charge >= 0.3 is 12.0 Å². The number of urea groups is 1. The van der Waals surface area contributed by atoms with Crippen LogP contribution in [-0.2, 0) is 4.79 Å². The summed E-state index contributed by atoms with van der Waals surface area (Å²) in [6.45, 7) is 3.76. The zero-order valence-electron chi connectivity index (χ0n) is 12.1. The molecule has 2 amide bonds. The van der Waals surface area contributed by atoms with Gasteiger partial charge in [0.05, 0.1) is 5.41 Å². The van der Waals surface area contributed by atoms with E-state index in [0.717, 1.165) is 12.3 Å². The molecule has 0 aromatic rings. The molecule has 2 aliphatic heterocycles. The Labute approximate surface area is 124 Å². The molecular weight excluding hydrogens is 276 g/mol. The van der Waals surface area contributed by atoms with Crippen molar-refractivity contribution in [2.75, 3.05) is 31.1 Å². The summed E-state index contributed by atoms with van der Waals surface area (Å²) in [6.07, 6.45) is 2.94. The number of carboxylic acids is 1. The Morgan fingerprint density at radius 3 is 2.60 bits per heavy atom. The highest BCUT2D eigenvalue weighted by molar-refractivity contribution is 7.99. The van der Waals surface area contributed by atoms with Gasteiger partial charge < -0.3 is 15.3 Å². The fourth-order valence-corrected chi connectivity index (χ4v) is 4.23. The zero-order chi connectivity index (χ0) is 14.6. The number of carbonyl (C=O) groups excluding carboxylic acids is 1. The van der Waals surface area contributed by atoms with Crippen LogP contribution in [0.2, 0.25) is 0 Å². The number of carboxylic acid groups (broad SMARTS) is 1. The molecule has 5 nitrogen and oxygen atoms in total. The number of nitrogens with one attached hydrogen (secondary N) is 1. The normalized spacial score (nSPS) is 25.4. The first-order valence-corrected chi connectivity index (χ1v) is 8.57. The van der Waals surface area contributed by atoms with Crippen molar-refractivity contribution >= 4 is 23.8 Å². The number of likely N-dealkylation sites (tertiary alicyclic amines) is 1. The van der Waals surface area contributed by atoms with Crippen LogP contribution in [0.15, 0.2) is 0 Å². The average Bonchev–Trinajstić information content (AvgIpc) is 2.98. The Kier molecular flexibility index (Phi) is 5.18. The standard InChI is InChI=1S/C14H24N2O3S/c1-2-14(12(17)18)4-6-16(7-5-14)13(19)15-9-11-3-8-20-10-11/h11H,2-10H2,1H3,(H,15,19)(H,17,18). The summed E-state index contributed by atoms with van der Waals surface area (Å²) in [5, 5.41) is 12.3. The molecule has 2 N–H and O–H groups in total. The van der Waals surface area contributed by atoms with Crippen LogP contribution in [0.3, 0.4) is 0 Å². The summed E-state index contributed by atoms with van der Waals surface area (Å²) in [4.78, 5) is 25.2. The summed E-state index contributed by atoms with van der Waals surface area (Å²) < 4.78 is 0. The highest BCUT2D eigenvalue weighted by Crippen LogP contribution is 2.35. The van der Waals surface area contributed by atoms with Crippen LogP contribution < -0.4 is 5.32 Å². The second kappa shape index (κ2) is 6.70. The van der Waals surface area contributed by atoms with Gasteiger partial charge in [-0.25, -0.2) is 4.79 Å². The van der Waals surface area contributed by atoms with Crippen molar-refractivity contribution in [3.05, 3.63) is 0 Å². The molecule has 0 aliphatic carbocycles. The maximum atomic E-state index is 12.1. The van der Waals surface area contributed by atoms with Gasteiger partial charge in [0.2, 0.25) is 0 Å². The second-order valence-corrected chi connectivity index (χ2v) is 6.99. The first-order chi connectivity index (χ1) is 9.57. The number of hydrogen-bond acceptors (Lipinski definition) is 3. The van der Waals surface area contributed by atoms with Crippen molar-refractivity contribution < 1.29 is 14.7 Å². The summed E-state index contributed by atoms with van der Waals surface area (Å²) in [7, 11) is 0. The van der Waals surface area contributed by atoms with E-state index in [4.69, 9.17) is 0 Å². The molecule has 2 fully saturated rings. The van der Waals surface area contributed by atoms with Gasteiger partial charge in [-0.2, -0.15) is 11.8 Å². The summed E-state index contributed by atoms with van der Waals surface area (Å²) in [5.41, 5.74) is -0.626. The van der Waals surface area contributed by atoms with Crippen molar-refractivity contribution in [1.29, 1.82) is 0 Å². The van der Waals surface area contributed by atoms with E-state index in [1.807, 2.05) is 18.7 Å². The van der Waals surface area contributed by atoms with E-state index in [1.54, 1.807) is 4.90 Å². The molecule has 0 radical (unpaired) electrons. The number of piperidine rings is 1. The number of thioether (sulfide) groups is 1. The Morgan fingerprint density at radius 1 is 1.40 bits per heavy atom. The van der Waals surface area contributed by atoms with Crippen molar-refractivity contribution in [3.8, 4) is 0 Å². The van der Waals surface area contributed by atoms with E-state index < -0.39 is 11.4 Å². The maximum Gasteiger partial charge on any atom is 0.317 e. The molecule has 0 saturated carbocycles. The van der Waals surface area contributed by atoms with Crippen molar-refractivity contribution in [2.24, 2.45) is 11.3 Å². The minimum absolute atomic E-state index is 0.0306. The van der Waals surface area contributed by atoms with Crippen molar-refractivity contribution in [3.63, 3.8) is 0 Å². The number of amides is 2. The minimum Gasteiger partial charge on any atom is -0.481 e. The second-order valence-electron chi connectivity index (χ2n) is 5.84. The number of rotatable bonds is 4. The van der Waals surface area contributed by atoms with E-state index in [2.05, 4.69) is 5.32 Å². The lowest BCUT2D eigenvalue weighted by Crippen LogP contribution is -2.50. The molecule has 0 aromatic heterocycles. The molecule has 6 heteroatoms. The van der Waals surface area contributed by atoms with Crippen LogP contribution in [0.4, 0.5) is 4.79 Å². The van der Waals surface area contributed by atoms with Crippen LogP contribution in [0, 0.1) is 11.3 Å². The molecular formula is C14H24N2O3S. The molecule has 2 aliphatic rings. The molecule has 114 valence electrons. The predicted molar refractivity (Wildman–Crippen MR) is 80.0 cm³/mol. The number of nitrogens with zero attached hydrogens (tertiary/aromatic N) is 1. The fraction of sp³-hybridized carbons (Fsp3) is 0.857. The smallest absolute Gasteiger partial charge is 0.317 e. The van der Waals surface area contributed by atoms with Crippen molar-refractivity contribution in [1.82, 2.24) is 10.2 Å². The Bertz CT molecular complexity index is 361. The third-order valence-electron chi connectivity index (χ3n) is 4.70. The van der Waals surface area contributed by atoms with Gasteiger partial charge in [0.25, 0.3) is 0 Å². The zero-order valence-corrected chi connectivity index (χ0v) is 12.9. The Morgan fingerprint density at radius 2 is 2.10 bits per heavy atom. The van der Waals surface area contributed by atoms with E-state index in [1.165, 1.54) is 12.2 Å². The highest BCUT2D eigenvalue weighted by Gasteiger charge is 2.40. The van der Waals surface area contributed by atoms with Gasteiger partial charge in [0.1, 0.15) is 0 Å². The van der Waals surface area contributed by atoms with Crippen LogP contribution in [-0.4, -0.2) is 53.1 Å². The van der Waals surface area contributed by atoms with Gasteiger partial charge in [-0.15, -0.1) is 0 Å². The molecule has 0 aromatic carbocycles.